The van der Waals surface area contributed by atoms with Gasteiger partial charge < -0.3 is 4.90 Å². The van der Waals surface area contributed by atoms with Crippen molar-refractivity contribution in [2.75, 3.05) is 4.90 Å². The van der Waals surface area contributed by atoms with Crippen molar-refractivity contribution in [3.05, 3.63) is 87.1 Å². The van der Waals surface area contributed by atoms with E-state index in [1.54, 1.807) is 29.2 Å². The van der Waals surface area contributed by atoms with Crippen molar-refractivity contribution in [3.63, 3.8) is 0 Å². The van der Waals surface area contributed by atoms with Crippen LogP contribution in [0.4, 0.5) is 5.69 Å². The van der Waals surface area contributed by atoms with Gasteiger partial charge in [-0.2, -0.15) is 0 Å². The summed E-state index contributed by atoms with van der Waals surface area (Å²) < 4.78 is 0. The number of halogens is 1. The van der Waals surface area contributed by atoms with Gasteiger partial charge in [0.2, 0.25) is 11.8 Å². The summed E-state index contributed by atoms with van der Waals surface area (Å²) in [6.45, 7) is 1.98. The fourth-order valence-corrected chi connectivity index (χ4v) is 4.79. The molecule has 0 saturated carbocycles. The Bertz CT molecular complexity index is 1120. The molecule has 2 heterocycles. The Kier molecular flexibility index (Phi) is 6.06. The van der Waals surface area contributed by atoms with Crippen LogP contribution >= 0.6 is 22.9 Å². The molecule has 3 aromatic rings. The van der Waals surface area contributed by atoms with Crippen molar-refractivity contribution in [3.8, 4) is 0 Å². The van der Waals surface area contributed by atoms with Gasteiger partial charge in [0, 0.05) is 17.0 Å². The summed E-state index contributed by atoms with van der Waals surface area (Å²) in [5.41, 5.74) is 6.96. The van der Waals surface area contributed by atoms with Crippen LogP contribution in [0.15, 0.2) is 66.0 Å². The van der Waals surface area contributed by atoms with Crippen molar-refractivity contribution in [2.45, 2.75) is 19.4 Å². The van der Waals surface area contributed by atoms with Gasteiger partial charge in [0.05, 0.1) is 22.5 Å². The van der Waals surface area contributed by atoms with Crippen molar-refractivity contribution in [2.24, 2.45) is 5.92 Å². The van der Waals surface area contributed by atoms with Gasteiger partial charge in [-0.05, 0) is 42.6 Å². The molecule has 1 aromatic heterocycles. The van der Waals surface area contributed by atoms with Gasteiger partial charge in [-0.15, -0.1) is 11.3 Å². The van der Waals surface area contributed by atoms with E-state index in [4.69, 9.17) is 11.6 Å². The van der Waals surface area contributed by atoms with E-state index >= 15 is 0 Å². The van der Waals surface area contributed by atoms with Crippen LogP contribution in [0.3, 0.4) is 0 Å². The summed E-state index contributed by atoms with van der Waals surface area (Å²) in [7, 11) is 0. The van der Waals surface area contributed by atoms with Crippen LogP contribution in [0.2, 0.25) is 5.02 Å². The van der Waals surface area contributed by atoms with Gasteiger partial charge in [-0.1, -0.05) is 47.5 Å². The van der Waals surface area contributed by atoms with Gasteiger partial charge >= 0.3 is 0 Å². The quantitative estimate of drug-likeness (QED) is 0.579. The van der Waals surface area contributed by atoms with Crippen LogP contribution in [0.25, 0.3) is 0 Å². The molecule has 1 aliphatic rings. The van der Waals surface area contributed by atoms with Crippen molar-refractivity contribution in [1.82, 2.24) is 10.9 Å². The van der Waals surface area contributed by atoms with E-state index in [0.717, 1.165) is 16.1 Å². The van der Waals surface area contributed by atoms with E-state index in [-0.39, 0.29) is 22.9 Å². The first-order valence-corrected chi connectivity index (χ1v) is 11.0. The highest BCUT2D eigenvalue weighted by atomic mass is 35.5. The second kappa shape index (κ2) is 8.91. The lowest BCUT2D eigenvalue weighted by molar-refractivity contribution is -0.127. The second-order valence-corrected chi connectivity index (χ2v) is 8.68. The maximum Gasteiger partial charge on any atom is 0.271 e. The molecule has 31 heavy (non-hydrogen) atoms. The summed E-state index contributed by atoms with van der Waals surface area (Å²) in [5.74, 6) is -1.74. The highest BCUT2D eigenvalue weighted by Gasteiger charge is 2.45. The third-order valence-electron chi connectivity index (χ3n) is 5.22. The van der Waals surface area contributed by atoms with E-state index in [9.17, 15) is 14.4 Å². The second-order valence-electron chi connectivity index (χ2n) is 7.29. The fourth-order valence-electron chi connectivity index (χ4n) is 3.69. The summed E-state index contributed by atoms with van der Waals surface area (Å²) in [4.78, 5) is 40.9. The maximum absolute atomic E-state index is 13.0. The van der Waals surface area contributed by atoms with E-state index in [1.807, 2.05) is 48.7 Å². The summed E-state index contributed by atoms with van der Waals surface area (Å²) in [6.07, 6.45) is 0.0459. The summed E-state index contributed by atoms with van der Waals surface area (Å²) >= 11 is 7.54. The predicted molar refractivity (Wildman–Crippen MR) is 121 cm³/mol. The van der Waals surface area contributed by atoms with Crippen LogP contribution < -0.4 is 15.8 Å². The molecule has 3 amide bonds. The Hall–Kier alpha value is -3.16. The Morgan fingerprint density at radius 2 is 1.77 bits per heavy atom. The van der Waals surface area contributed by atoms with Crippen molar-refractivity contribution < 1.29 is 14.4 Å². The maximum atomic E-state index is 13.0. The Morgan fingerprint density at radius 1 is 1.03 bits per heavy atom. The highest BCUT2D eigenvalue weighted by Crippen LogP contribution is 2.43. The highest BCUT2D eigenvalue weighted by molar-refractivity contribution is 7.10. The first-order valence-electron chi connectivity index (χ1n) is 9.72. The molecule has 158 valence electrons. The molecule has 1 fully saturated rings. The first kappa shape index (κ1) is 21.1. The van der Waals surface area contributed by atoms with Crippen LogP contribution in [-0.2, 0) is 9.59 Å². The molecule has 4 rings (SSSR count). The van der Waals surface area contributed by atoms with Crippen LogP contribution in [0.5, 0.6) is 0 Å². The number of carbonyl (C=O) groups is 3. The smallest absolute Gasteiger partial charge is 0.271 e. The number of anilines is 1. The number of hydrogen-bond donors (Lipinski definition) is 2. The Balaban J connectivity index is 1.56. The van der Waals surface area contributed by atoms with E-state index in [0.29, 0.717) is 0 Å². The van der Waals surface area contributed by atoms with Crippen molar-refractivity contribution in [1.29, 1.82) is 0 Å². The van der Waals surface area contributed by atoms with Crippen LogP contribution in [0.1, 0.15) is 33.3 Å². The fraction of sp³-hybridized carbons (Fsp3) is 0.174. The standard InChI is InChI=1S/C23H20ClN3O3S/c1-14-8-10-15(11-9-14)27-20(28)13-17(21(27)19-7-4-12-31-19)23(30)26-25-22(29)16-5-2-3-6-18(16)24/h2-12,17,21H,13H2,1H3,(H,25,29)(H,26,30). The number of benzene rings is 2. The number of hydrazine groups is 1. The average molecular weight is 454 g/mol. The third kappa shape index (κ3) is 4.33. The zero-order valence-electron chi connectivity index (χ0n) is 16.7. The molecule has 2 N–H and O–H groups in total. The van der Waals surface area contributed by atoms with Crippen LogP contribution in [-0.4, -0.2) is 17.7 Å². The number of nitrogens with one attached hydrogen (secondary N) is 2. The zero-order valence-corrected chi connectivity index (χ0v) is 18.2. The SMILES string of the molecule is Cc1ccc(N2C(=O)CC(C(=O)NNC(=O)c3ccccc3Cl)C2c2cccs2)cc1. The van der Waals surface area contributed by atoms with E-state index in [2.05, 4.69) is 10.9 Å². The number of carbonyl (C=O) groups excluding carboxylic acids is 3. The minimum Gasteiger partial charge on any atom is -0.303 e. The molecular formula is C23H20ClN3O3S. The lowest BCUT2D eigenvalue weighted by atomic mass is 9.98. The topological polar surface area (TPSA) is 78.5 Å². The van der Waals surface area contributed by atoms with Gasteiger partial charge in [0.1, 0.15) is 0 Å². The molecule has 8 heteroatoms. The van der Waals surface area contributed by atoms with Gasteiger partial charge in [-0.25, -0.2) is 0 Å². The van der Waals surface area contributed by atoms with Crippen molar-refractivity contribution >= 4 is 46.3 Å². The zero-order chi connectivity index (χ0) is 22.0. The first-order chi connectivity index (χ1) is 15.0. The Morgan fingerprint density at radius 3 is 2.45 bits per heavy atom. The normalized spacial score (nSPS) is 18.1. The summed E-state index contributed by atoms with van der Waals surface area (Å²) in [5, 5.41) is 2.20. The Labute approximate surface area is 188 Å². The molecule has 2 aromatic carbocycles. The number of thiophene rings is 1. The molecule has 2 unspecified atom stereocenters. The molecule has 6 nitrogen and oxygen atoms in total. The van der Waals surface area contributed by atoms with Gasteiger partial charge in [0.15, 0.2) is 0 Å². The minimum absolute atomic E-state index is 0.0459. The van der Waals surface area contributed by atoms with Crippen LogP contribution in [0, 0.1) is 12.8 Å². The average Bonchev–Trinajstić information content (AvgIpc) is 3.40. The van der Waals surface area contributed by atoms with E-state index in [1.165, 1.54) is 11.3 Å². The number of amides is 3. The van der Waals surface area contributed by atoms with Gasteiger partial charge in [0.25, 0.3) is 5.91 Å². The molecular weight excluding hydrogens is 434 g/mol. The summed E-state index contributed by atoms with van der Waals surface area (Å²) in [6, 6.07) is 17.6. The third-order valence-corrected chi connectivity index (χ3v) is 6.50. The molecule has 1 saturated heterocycles. The lowest BCUT2D eigenvalue weighted by Crippen LogP contribution is -2.45. The van der Waals surface area contributed by atoms with Gasteiger partial charge in [-0.3, -0.25) is 25.2 Å². The number of nitrogens with zero attached hydrogens (tertiary/aromatic N) is 1. The van der Waals surface area contributed by atoms with E-state index < -0.39 is 23.8 Å². The minimum atomic E-state index is -0.654. The largest absolute Gasteiger partial charge is 0.303 e. The number of hydrogen-bond acceptors (Lipinski definition) is 4. The molecule has 2 atom stereocenters. The molecule has 0 aliphatic carbocycles. The monoisotopic (exact) mass is 453 g/mol. The number of rotatable bonds is 4. The molecule has 1 aliphatic heterocycles. The predicted octanol–water partition coefficient (Wildman–Crippen LogP) is 4.27. The molecule has 0 radical (unpaired) electrons. The molecule has 0 spiro atoms. The number of aryl methyl sites for hydroxylation is 1. The molecule has 0 bridgehead atoms. The lowest BCUT2D eigenvalue weighted by Gasteiger charge is -2.27.